The van der Waals surface area contributed by atoms with Gasteiger partial charge in [-0.15, -0.1) is 0 Å². The second kappa shape index (κ2) is 11.1. The minimum absolute atomic E-state index is 0.260. The molecule has 2 heterocycles. The van der Waals surface area contributed by atoms with E-state index in [0.717, 1.165) is 32.1 Å². The monoisotopic (exact) mass is 607 g/mol. The Morgan fingerprint density at radius 1 is 0.878 bits per heavy atom. The molecule has 0 bridgehead atoms. The van der Waals surface area contributed by atoms with E-state index in [0.29, 0.717) is 34.8 Å². The lowest BCUT2D eigenvalue weighted by molar-refractivity contribution is 0.0711. The number of nitrogens with one attached hydrogen (secondary N) is 1. The average molecular weight is 608 g/mol. The molecule has 1 aliphatic heterocycles. The van der Waals surface area contributed by atoms with Crippen molar-refractivity contribution in [1.29, 1.82) is 0 Å². The zero-order chi connectivity index (χ0) is 28.5. The molecule has 1 amide bonds. The number of nitrogens with zero attached hydrogens (tertiary/aromatic N) is 2. The van der Waals surface area contributed by atoms with Crippen LogP contribution in [0.5, 0.6) is 11.5 Å². The van der Waals surface area contributed by atoms with Crippen molar-refractivity contribution in [1.82, 2.24) is 9.99 Å². The Labute approximate surface area is 245 Å². The van der Waals surface area contributed by atoms with E-state index < -0.39 is 6.04 Å². The van der Waals surface area contributed by atoms with Crippen LogP contribution in [0, 0.1) is 0 Å². The molecule has 0 unspecified atom stereocenters. The summed E-state index contributed by atoms with van der Waals surface area (Å²) >= 11 is 3.59. The molecule has 1 atom stereocenters. The predicted molar refractivity (Wildman–Crippen MR) is 164 cm³/mol. The third kappa shape index (κ3) is 5.02. The quantitative estimate of drug-likeness (QED) is 0.226. The molecule has 204 valence electrons. The van der Waals surface area contributed by atoms with Gasteiger partial charge in [-0.3, -0.25) is 9.59 Å². The van der Waals surface area contributed by atoms with Gasteiger partial charge in [0.1, 0.15) is 11.5 Å². The van der Waals surface area contributed by atoms with Gasteiger partial charge in [0.25, 0.3) is 11.5 Å². The van der Waals surface area contributed by atoms with Crippen LogP contribution >= 0.6 is 15.9 Å². The summed E-state index contributed by atoms with van der Waals surface area (Å²) in [5.74, 6) is 1.09. The van der Waals surface area contributed by atoms with Gasteiger partial charge in [-0.2, -0.15) is 5.10 Å². The number of hydrogen-bond acceptors (Lipinski definition) is 5. The molecule has 0 fully saturated rings. The highest BCUT2D eigenvalue weighted by atomic mass is 79.9. The first-order chi connectivity index (χ1) is 20.0. The van der Waals surface area contributed by atoms with E-state index in [1.54, 1.807) is 38.5 Å². The van der Waals surface area contributed by atoms with Crippen LogP contribution < -0.4 is 15.0 Å². The molecule has 1 aliphatic rings. The van der Waals surface area contributed by atoms with Crippen LogP contribution in [0.4, 0.5) is 0 Å². The van der Waals surface area contributed by atoms with Gasteiger partial charge >= 0.3 is 0 Å². The fourth-order valence-corrected chi connectivity index (χ4v) is 5.61. The molecule has 7 nitrogen and oxygen atoms in total. The standard InChI is InChI=1S/C33H26BrN3O4/c1-40-24-13-8-20(9-14-24)29-19-28(36-37(29)33(39)22-10-15-25(41-2)16-11-22)31-30(21-6-4-3-5-7-21)26-18-23(34)12-17-27(26)35-32(31)38/h3-18,29H,19H2,1-2H3,(H,35,38)/t29-/m1/s1. The topological polar surface area (TPSA) is 84.0 Å². The van der Waals surface area contributed by atoms with Crippen molar-refractivity contribution >= 4 is 38.5 Å². The number of aromatic nitrogens is 1. The lowest BCUT2D eigenvalue weighted by atomic mass is 9.91. The molecule has 1 N–H and O–H groups in total. The largest absolute Gasteiger partial charge is 0.497 e. The van der Waals surface area contributed by atoms with E-state index >= 15 is 0 Å². The van der Waals surface area contributed by atoms with Gasteiger partial charge in [-0.05, 0) is 65.7 Å². The van der Waals surface area contributed by atoms with Crippen LogP contribution in [0.2, 0.25) is 0 Å². The zero-order valence-electron chi connectivity index (χ0n) is 22.4. The summed E-state index contributed by atoms with van der Waals surface area (Å²) in [6, 6.07) is 29.6. The number of H-pyrrole nitrogens is 1. The minimum atomic E-state index is -0.424. The summed E-state index contributed by atoms with van der Waals surface area (Å²) in [5, 5.41) is 7.22. The molecule has 5 aromatic rings. The number of ether oxygens (including phenoxy) is 2. The highest BCUT2D eigenvalue weighted by molar-refractivity contribution is 9.10. The number of hydrogen-bond donors (Lipinski definition) is 1. The number of halogens is 1. The third-order valence-electron chi connectivity index (χ3n) is 7.28. The van der Waals surface area contributed by atoms with Crippen molar-refractivity contribution in [3.8, 4) is 22.6 Å². The van der Waals surface area contributed by atoms with Crippen molar-refractivity contribution in [2.75, 3.05) is 14.2 Å². The summed E-state index contributed by atoms with van der Waals surface area (Å²) in [4.78, 5) is 30.7. The third-order valence-corrected chi connectivity index (χ3v) is 7.78. The summed E-state index contributed by atoms with van der Waals surface area (Å²) in [7, 11) is 3.19. The Morgan fingerprint density at radius 2 is 1.54 bits per heavy atom. The highest BCUT2D eigenvalue weighted by Gasteiger charge is 2.36. The van der Waals surface area contributed by atoms with Gasteiger partial charge in [-0.25, -0.2) is 5.01 Å². The number of methoxy groups -OCH3 is 2. The Bertz CT molecular complexity index is 1830. The summed E-state index contributed by atoms with van der Waals surface area (Å²) < 4.78 is 11.5. The van der Waals surface area contributed by atoms with Crippen LogP contribution in [0.1, 0.15) is 33.9 Å². The number of benzene rings is 4. The van der Waals surface area contributed by atoms with Gasteiger partial charge in [0.2, 0.25) is 0 Å². The number of pyridine rings is 1. The van der Waals surface area contributed by atoms with Crippen molar-refractivity contribution in [2.45, 2.75) is 12.5 Å². The molecule has 0 spiro atoms. The normalized spacial score (nSPS) is 14.7. The maximum atomic E-state index is 13.9. The van der Waals surface area contributed by atoms with Crippen LogP contribution in [0.15, 0.2) is 111 Å². The van der Waals surface area contributed by atoms with Crippen LogP contribution in [-0.4, -0.2) is 35.8 Å². The van der Waals surface area contributed by atoms with Gasteiger partial charge in [0.05, 0.1) is 31.5 Å². The number of amides is 1. The molecule has 6 rings (SSSR count). The fourth-order valence-electron chi connectivity index (χ4n) is 5.25. The molecular formula is C33H26BrN3O4. The smallest absolute Gasteiger partial charge is 0.274 e. The molecule has 0 saturated carbocycles. The first kappa shape index (κ1) is 26.5. The molecule has 8 heteroatoms. The van der Waals surface area contributed by atoms with Gasteiger partial charge < -0.3 is 14.5 Å². The fraction of sp³-hybridized carbons (Fsp3) is 0.121. The summed E-state index contributed by atoms with van der Waals surface area (Å²) in [6.07, 6.45) is 0.358. The van der Waals surface area contributed by atoms with E-state index in [9.17, 15) is 9.59 Å². The maximum Gasteiger partial charge on any atom is 0.274 e. The number of rotatable bonds is 6. The highest BCUT2D eigenvalue weighted by Crippen LogP contribution is 2.38. The number of carbonyl (C=O) groups is 1. The van der Waals surface area contributed by atoms with E-state index in [-0.39, 0.29) is 11.5 Å². The van der Waals surface area contributed by atoms with Crippen LogP contribution in [0.25, 0.3) is 22.0 Å². The SMILES string of the molecule is COc1ccc(C(=O)N2N=C(c3c(-c4ccccc4)c4cc(Br)ccc4[nH]c3=O)C[C@@H]2c2ccc(OC)cc2)cc1. The van der Waals surface area contributed by atoms with Crippen LogP contribution in [-0.2, 0) is 0 Å². The van der Waals surface area contributed by atoms with Gasteiger partial charge in [0, 0.05) is 32.9 Å². The maximum absolute atomic E-state index is 13.9. The lowest BCUT2D eigenvalue weighted by Gasteiger charge is -2.22. The minimum Gasteiger partial charge on any atom is -0.497 e. The van der Waals surface area contributed by atoms with E-state index in [1.165, 1.54) is 5.01 Å². The molecule has 0 saturated heterocycles. The molecule has 41 heavy (non-hydrogen) atoms. The Kier molecular flexibility index (Phi) is 7.15. The van der Waals surface area contributed by atoms with Gasteiger partial charge in [-0.1, -0.05) is 58.4 Å². The summed E-state index contributed by atoms with van der Waals surface area (Å²) in [5.41, 5.74) is 4.46. The van der Waals surface area contributed by atoms with Crippen molar-refractivity contribution in [3.63, 3.8) is 0 Å². The number of fused-ring (bicyclic) bond motifs is 1. The van der Waals surface area contributed by atoms with Crippen molar-refractivity contribution < 1.29 is 14.3 Å². The molecule has 1 aromatic heterocycles. The Hall–Kier alpha value is -4.69. The van der Waals surface area contributed by atoms with E-state index in [4.69, 9.17) is 14.6 Å². The van der Waals surface area contributed by atoms with Crippen molar-refractivity contribution in [2.24, 2.45) is 5.10 Å². The van der Waals surface area contributed by atoms with E-state index in [1.807, 2.05) is 72.8 Å². The molecule has 0 aliphatic carbocycles. The number of carbonyl (C=O) groups excluding carboxylic acids is 1. The first-order valence-corrected chi connectivity index (χ1v) is 13.9. The average Bonchev–Trinajstić information content (AvgIpc) is 3.45. The number of aromatic amines is 1. The molecule has 4 aromatic carbocycles. The van der Waals surface area contributed by atoms with Crippen LogP contribution in [0.3, 0.4) is 0 Å². The van der Waals surface area contributed by atoms with Crippen molar-refractivity contribution in [3.05, 3.63) is 129 Å². The summed E-state index contributed by atoms with van der Waals surface area (Å²) in [6.45, 7) is 0. The predicted octanol–water partition coefficient (Wildman–Crippen LogP) is 6.97. The lowest BCUT2D eigenvalue weighted by Crippen LogP contribution is -2.27. The zero-order valence-corrected chi connectivity index (χ0v) is 24.0. The Balaban J connectivity index is 1.54. The van der Waals surface area contributed by atoms with Gasteiger partial charge in [0.15, 0.2) is 0 Å². The number of hydrazone groups is 1. The van der Waals surface area contributed by atoms with E-state index in [2.05, 4.69) is 20.9 Å². The molecule has 0 radical (unpaired) electrons. The Morgan fingerprint density at radius 3 is 2.20 bits per heavy atom. The molecular weight excluding hydrogens is 582 g/mol. The second-order valence-corrected chi connectivity index (χ2v) is 10.6. The first-order valence-electron chi connectivity index (χ1n) is 13.1. The second-order valence-electron chi connectivity index (χ2n) is 9.68.